The zero-order valence-electron chi connectivity index (χ0n) is 10.5. The molecule has 0 bridgehead atoms. The molecule has 2 aromatic rings. The molecule has 0 saturated carbocycles. The number of benzene rings is 2. The summed E-state index contributed by atoms with van der Waals surface area (Å²) in [6.07, 6.45) is 1.13. The summed E-state index contributed by atoms with van der Waals surface area (Å²) in [5, 5.41) is 0. The van der Waals surface area contributed by atoms with Gasteiger partial charge in [-0.2, -0.15) is 0 Å². The van der Waals surface area contributed by atoms with Crippen LogP contribution in [-0.4, -0.2) is 6.54 Å². The Bertz CT molecular complexity index is 548. The number of fused-ring (bicyclic) bond motifs is 1. The van der Waals surface area contributed by atoms with E-state index in [1.807, 2.05) is 0 Å². The SMILES string of the molecule is NCc1cccc(N2CCc3ccccc3C2)c1. The average Bonchev–Trinajstić information content (AvgIpc) is 2.47. The fourth-order valence-electron chi connectivity index (χ4n) is 2.60. The second-order valence-electron chi connectivity index (χ2n) is 4.81. The van der Waals surface area contributed by atoms with Gasteiger partial charge in [-0.25, -0.2) is 0 Å². The van der Waals surface area contributed by atoms with Crippen LogP contribution < -0.4 is 10.6 Å². The molecule has 0 atom stereocenters. The molecule has 0 radical (unpaired) electrons. The molecule has 0 amide bonds. The molecule has 18 heavy (non-hydrogen) atoms. The lowest BCUT2D eigenvalue weighted by Gasteiger charge is -2.31. The van der Waals surface area contributed by atoms with Crippen molar-refractivity contribution in [3.63, 3.8) is 0 Å². The van der Waals surface area contributed by atoms with Gasteiger partial charge in [0.15, 0.2) is 0 Å². The van der Waals surface area contributed by atoms with Crippen LogP contribution >= 0.6 is 0 Å². The highest BCUT2D eigenvalue weighted by Crippen LogP contribution is 2.24. The van der Waals surface area contributed by atoms with Crippen molar-refractivity contribution < 1.29 is 0 Å². The quantitative estimate of drug-likeness (QED) is 0.871. The molecule has 0 aromatic heterocycles. The van der Waals surface area contributed by atoms with E-state index in [4.69, 9.17) is 5.73 Å². The number of nitrogens with zero attached hydrogens (tertiary/aromatic N) is 1. The van der Waals surface area contributed by atoms with Crippen LogP contribution in [0.25, 0.3) is 0 Å². The monoisotopic (exact) mass is 238 g/mol. The molecule has 1 heterocycles. The molecular formula is C16H18N2. The summed E-state index contributed by atoms with van der Waals surface area (Å²) < 4.78 is 0. The second kappa shape index (κ2) is 4.83. The van der Waals surface area contributed by atoms with Crippen molar-refractivity contribution in [2.75, 3.05) is 11.4 Å². The first kappa shape index (κ1) is 11.3. The van der Waals surface area contributed by atoms with E-state index in [0.717, 1.165) is 19.5 Å². The van der Waals surface area contributed by atoms with Crippen molar-refractivity contribution in [3.8, 4) is 0 Å². The van der Waals surface area contributed by atoms with Crippen molar-refractivity contribution >= 4 is 5.69 Å². The summed E-state index contributed by atoms with van der Waals surface area (Å²) in [6.45, 7) is 2.70. The Morgan fingerprint density at radius 3 is 2.67 bits per heavy atom. The first-order valence-electron chi connectivity index (χ1n) is 6.47. The molecule has 0 spiro atoms. The van der Waals surface area contributed by atoms with Crippen molar-refractivity contribution in [1.29, 1.82) is 0 Å². The minimum absolute atomic E-state index is 0.609. The van der Waals surface area contributed by atoms with Gasteiger partial charge in [-0.1, -0.05) is 36.4 Å². The minimum Gasteiger partial charge on any atom is -0.367 e. The fourth-order valence-corrected chi connectivity index (χ4v) is 2.60. The van der Waals surface area contributed by atoms with Gasteiger partial charge in [0.25, 0.3) is 0 Å². The third kappa shape index (κ3) is 2.12. The Labute approximate surface area is 108 Å². The summed E-state index contributed by atoms with van der Waals surface area (Å²) in [6, 6.07) is 17.3. The number of rotatable bonds is 2. The molecule has 92 valence electrons. The largest absolute Gasteiger partial charge is 0.367 e. The minimum atomic E-state index is 0.609. The lowest BCUT2D eigenvalue weighted by molar-refractivity contribution is 0.731. The second-order valence-corrected chi connectivity index (χ2v) is 4.81. The van der Waals surface area contributed by atoms with E-state index in [9.17, 15) is 0 Å². The van der Waals surface area contributed by atoms with E-state index in [0.29, 0.717) is 6.54 Å². The van der Waals surface area contributed by atoms with Crippen LogP contribution in [0.2, 0.25) is 0 Å². The highest BCUT2D eigenvalue weighted by molar-refractivity contribution is 5.51. The number of anilines is 1. The van der Waals surface area contributed by atoms with Crippen molar-refractivity contribution in [3.05, 3.63) is 65.2 Å². The highest BCUT2D eigenvalue weighted by atomic mass is 15.1. The molecule has 2 heteroatoms. The van der Waals surface area contributed by atoms with Gasteiger partial charge in [0, 0.05) is 25.3 Å². The van der Waals surface area contributed by atoms with Crippen LogP contribution in [0.15, 0.2) is 48.5 Å². The third-order valence-corrected chi connectivity index (χ3v) is 3.64. The van der Waals surface area contributed by atoms with Gasteiger partial charge in [-0.3, -0.25) is 0 Å². The van der Waals surface area contributed by atoms with Crippen LogP contribution in [0.1, 0.15) is 16.7 Å². The van der Waals surface area contributed by atoms with E-state index >= 15 is 0 Å². The van der Waals surface area contributed by atoms with Gasteiger partial charge < -0.3 is 10.6 Å². The van der Waals surface area contributed by atoms with E-state index < -0.39 is 0 Å². The standard InChI is InChI=1S/C16H18N2/c17-11-13-4-3-7-16(10-13)18-9-8-14-5-1-2-6-15(14)12-18/h1-7,10H,8-9,11-12,17H2. The normalized spacial score (nSPS) is 14.4. The molecule has 0 aliphatic carbocycles. The van der Waals surface area contributed by atoms with Crippen LogP contribution in [0.4, 0.5) is 5.69 Å². The van der Waals surface area contributed by atoms with Gasteiger partial charge >= 0.3 is 0 Å². The molecule has 2 nitrogen and oxygen atoms in total. The number of hydrogen-bond donors (Lipinski definition) is 1. The zero-order chi connectivity index (χ0) is 12.4. The predicted octanol–water partition coefficient (Wildman–Crippen LogP) is 2.71. The van der Waals surface area contributed by atoms with E-state index in [2.05, 4.69) is 53.4 Å². The summed E-state index contributed by atoms with van der Waals surface area (Å²) >= 11 is 0. The topological polar surface area (TPSA) is 29.3 Å². The molecule has 2 aromatic carbocycles. The summed E-state index contributed by atoms with van der Waals surface area (Å²) in [5.74, 6) is 0. The Balaban J connectivity index is 1.87. The molecule has 2 N–H and O–H groups in total. The predicted molar refractivity (Wildman–Crippen MR) is 75.5 cm³/mol. The van der Waals surface area contributed by atoms with E-state index in [-0.39, 0.29) is 0 Å². The van der Waals surface area contributed by atoms with Gasteiger partial charge in [0.05, 0.1) is 0 Å². The Hall–Kier alpha value is -1.80. The molecule has 1 aliphatic heterocycles. The Morgan fingerprint density at radius 2 is 1.83 bits per heavy atom. The Morgan fingerprint density at radius 1 is 1.00 bits per heavy atom. The maximum absolute atomic E-state index is 5.71. The van der Waals surface area contributed by atoms with Crippen molar-refractivity contribution in [1.82, 2.24) is 0 Å². The first-order valence-corrected chi connectivity index (χ1v) is 6.47. The molecular weight excluding hydrogens is 220 g/mol. The van der Waals surface area contributed by atoms with Crippen LogP contribution in [0.5, 0.6) is 0 Å². The lowest BCUT2D eigenvalue weighted by Crippen LogP contribution is -2.30. The molecule has 3 rings (SSSR count). The average molecular weight is 238 g/mol. The third-order valence-electron chi connectivity index (χ3n) is 3.64. The molecule has 0 fully saturated rings. The van der Waals surface area contributed by atoms with E-state index in [1.165, 1.54) is 22.4 Å². The van der Waals surface area contributed by atoms with Crippen LogP contribution in [0, 0.1) is 0 Å². The smallest absolute Gasteiger partial charge is 0.0432 e. The maximum Gasteiger partial charge on any atom is 0.0432 e. The molecule has 1 aliphatic rings. The summed E-state index contributed by atoms with van der Waals surface area (Å²) in [5.41, 5.74) is 11.1. The highest BCUT2D eigenvalue weighted by Gasteiger charge is 2.15. The summed E-state index contributed by atoms with van der Waals surface area (Å²) in [7, 11) is 0. The van der Waals surface area contributed by atoms with Crippen molar-refractivity contribution in [2.24, 2.45) is 5.73 Å². The van der Waals surface area contributed by atoms with Gasteiger partial charge in [0.1, 0.15) is 0 Å². The Kier molecular flexibility index (Phi) is 3.03. The van der Waals surface area contributed by atoms with Gasteiger partial charge in [-0.05, 0) is 35.2 Å². The maximum atomic E-state index is 5.71. The molecule has 0 unspecified atom stereocenters. The zero-order valence-corrected chi connectivity index (χ0v) is 10.5. The first-order chi connectivity index (χ1) is 8.86. The van der Waals surface area contributed by atoms with Gasteiger partial charge in [0.2, 0.25) is 0 Å². The van der Waals surface area contributed by atoms with Crippen molar-refractivity contribution in [2.45, 2.75) is 19.5 Å². The van der Waals surface area contributed by atoms with Gasteiger partial charge in [-0.15, -0.1) is 0 Å². The lowest BCUT2D eigenvalue weighted by atomic mass is 9.99. The molecule has 0 saturated heterocycles. The summed E-state index contributed by atoms with van der Waals surface area (Å²) in [4.78, 5) is 2.43. The van der Waals surface area contributed by atoms with Crippen LogP contribution in [0.3, 0.4) is 0 Å². The van der Waals surface area contributed by atoms with E-state index in [1.54, 1.807) is 0 Å². The fraction of sp³-hybridized carbons (Fsp3) is 0.250. The number of hydrogen-bond acceptors (Lipinski definition) is 2. The van der Waals surface area contributed by atoms with Crippen LogP contribution in [-0.2, 0) is 19.5 Å². The number of nitrogens with two attached hydrogens (primary N) is 1.